The number of carboxylic acid groups (broad SMARTS) is 2. The number of nitrogens with zero attached hydrogens (tertiary/aromatic N) is 1. The summed E-state index contributed by atoms with van der Waals surface area (Å²) in [5, 5.41) is 23.4. The van der Waals surface area contributed by atoms with E-state index in [1.807, 2.05) is 0 Å². The molecule has 5 amide bonds. The van der Waals surface area contributed by atoms with Crippen molar-refractivity contribution in [2.24, 2.45) is 5.73 Å². The molecule has 1 aromatic carbocycles. The molecular weight excluding hydrogens is 660 g/mol. The molecule has 0 saturated carbocycles. The summed E-state index contributed by atoms with van der Waals surface area (Å²) in [6, 6.07) is 5.26. The molecule has 0 radical (unpaired) electrons. The first-order chi connectivity index (χ1) is 24.5. The van der Waals surface area contributed by atoms with Crippen LogP contribution in [0.5, 0.6) is 0 Å². The van der Waals surface area contributed by atoms with Crippen LogP contribution >= 0.6 is 0 Å². The van der Waals surface area contributed by atoms with Crippen LogP contribution < -0.4 is 27.2 Å². The maximum Gasteiger partial charge on any atom is 0.326 e. The summed E-state index contributed by atoms with van der Waals surface area (Å²) in [5.74, 6) is -5.00. The van der Waals surface area contributed by atoms with Crippen LogP contribution in [0.3, 0.4) is 0 Å². The van der Waals surface area contributed by atoms with Crippen molar-refractivity contribution >= 4 is 41.5 Å². The van der Waals surface area contributed by atoms with E-state index >= 15 is 0 Å². The van der Waals surface area contributed by atoms with Crippen LogP contribution in [-0.4, -0.2) is 87.8 Å². The normalized spacial score (nSPS) is 15.4. The van der Waals surface area contributed by atoms with Gasteiger partial charge in [-0.05, 0) is 31.2 Å². The molecule has 51 heavy (non-hydrogen) atoms. The number of likely N-dealkylation sites (tertiary alicyclic amines) is 1. The van der Waals surface area contributed by atoms with Gasteiger partial charge in [0, 0.05) is 25.8 Å². The lowest BCUT2D eigenvalue weighted by Crippen LogP contribution is -2.58. The third kappa shape index (κ3) is 18.9. The second kappa shape index (κ2) is 24.6. The Balaban J connectivity index is 1.67. The van der Waals surface area contributed by atoms with Crippen molar-refractivity contribution in [3.8, 4) is 0 Å². The van der Waals surface area contributed by atoms with Gasteiger partial charge in [0.1, 0.15) is 24.7 Å². The monoisotopic (exact) mass is 716 g/mol. The highest BCUT2D eigenvalue weighted by molar-refractivity contribution is 5.92. The van der Waals surface area contributed by atoms with E-state index in [0.717, 1.165) is 57.8 Å². The summed E-state index contributed by atoms with van der Waals surface area (Å²) in [6.45, 7) is -0.0575. The summed E-state index contributed by atoms with van der Waals surface area (Å²) in [4.78, 5) is 86.5. The molecule has 1 unspecified atom stereocenters. The van der Waals surface area contributed by atoms with Crippen molar-refractivity contribution in [2.45, 2.75) is 134 Å². The van der Waals surface area contributed by atoms with Crippen LogP contribution in [0.1, 0.15) is 115 Å². The molecule has 1 heterocycles. The van der Waals surface area contributed by atoms with Crippen molar-refractivity contribution in [2.75, 3.05) is 13.1 Å². The highest BCUT2D eigenvalue weighted by Crippen LogP contribution is 2.15. The Morgan fingerprint density at radius 3 is 1.90 bits per heavy atom. The summed E-state index contributed by atoms with van der Waals surface area (Å²) in [7, 11) is 0. The first-order valence-electron chi connectivity index (χ1n) is 18.2. The summed E-state index contributed by atoms with van der Waals surface area (Å²) >= 11 is 0. The molecule has 3 atom stereocenters. The molecule has 1 aliphatic rings. The largest absolute Gasteiger partial charge is 0.481 e. The lowest BCUT2D eigenvalue weighted by molar-refractivity contribution is -0.143. The standard InChI is InChI=1S/C36H56N6O9/c37-30(43)24-28(34(48)39-29(36(50)51)23-26-17-12-11-13-18-26)40-41-32(45)25-42-22-16-19-27(35(42)49)38-31(44)20-14-9-7-5-3-1-2-4-6-8-10-15-21-33(46)47/h11-13,17-18,27-29,40H,1-10,14-16,19-25H2,(H2,37,43)(H,38,44)(H,39,48)(H,41,45)(H,46,47)(H,50,51)/t27?,28-,29-/m0/s1. The van der Waals surface area contributed by atoms with Crippen molar-refractivity contribution in [1.29, 1.82) is 0 Å². The minimum Gasteiger partial charge on any atom is -0.481 e. The molecule has 0 aromatic heterocycles. The second-order valence-corrected chi connectivity index (χ2v) is 13.2. The van der Waals surface area contributed by atoms with E-state index in [4.69, 9.17) is 10.8 Å². The van der Waals surface area contributed by atoms with Crippen LogP contribution in [0, 0.1) is 0 Å². The molecule has 1 saturated heterocycles. The second-order valence-electron chi connectivity index (χ2n) is 13.2. The smallest absolute Gasteiger partial charge is 0.326 e. The van der Waals surface area contributed by atoms with Gasteiger partial charge in [-0.2, -0.15) is 0 Å². The van der Waals surface area contributed by atoms with E-state index in [-0.39, 0.29) is 31.2 Å². The Hall–Kier alpha value is -4.53. The molecule has 1 aromatic rings. The molecule has 0 spiro atoms. The third-order valence-electron chi connectivity index (χ3n) is 8.75. The third-order valence-corrected chi connectivity index (χ3v) is 8.75. The van der Waals surface area contributed by atoms with Gasteiger partial charge >= 0.3 is 11.9 Å². The maximum atomic E-state index is 13.0. The molecule has 1 fully saturated rings. The minimum atomic E-state index is -1.37. The van der Waals surface area contributed by atoms with Crippen LogP contribution in [0.25, 0.3) is 0 Å². The summed E-state index contributed by atoms with van der Waals surface area (Å²) in [6.07, 6.45) is 13.5. The Bertz CT molecular complexity index is 1280. The number of primary amides is 1. The Labute approximate surface area is 299 Å². The molecule has 2 rings (SSSR count). The minimum absolute atomic E-state index is 0.00502. The molecular formula is C36H56N6O9. The predicted molar refractivity (Wildman–Crippen MR) is 189 cm³/mol. The molecule has 0 aliphatic carbocycles. The number of carboxylic acids is 2. The van der Waals surface area contributed by atoms with Gasteiger partial charge in [-0.15, -0.1) is 0 Å². The lowest BCUT2D eigenvalue weighted by Gasteiger charge is -2.32. The van der Waals surface area contributed by atoms with Crippen LogP contribution in [0.4, 0.5) is 0 Å². The van der Waals surface area contributed by atoms with Crippen LogP contribution in [-0.2, 0) is 40.0 Å². The number of rotatable bonds is 27. The van der Waals surface area contributed by atoms with Gasteiger partial charge in [0.05, 0.1) is 6.42 Å². The van der Waals surface area contributed by atoms with E-state index in [2.05, 4.69) is 21.5 Å². The van der Waals surface area contributed by atoms with E-state index < -0.39 is 54.2 Å². The van der Waals surface area contributed by atoms with Crippen LogP contribution in [0.15, 0.2) is 30.3 Å². The number of hydrogen-bond donors (Lipinski definition) is 7. The zero-order valence-corrected chi connectivity index (χ0v) is 29.5. The molecule has 8 N–H and O–H groups in total. The van der Waals surface area contributed by atoms with Crippen molar-refractivity contribution in [3.05, 3.63) is 35.9 Å². The first kappa shape index (κ1) is 42.6. The van der Waals surface area contributed by atoms with E-state index in [1.54, 1.807) is 30.3 Å². The SMILES string of the molecule is NC(=O)C[C@H](NNC(=O)CN1CCCC(NC(=O)CCCCCCCCCCCCCCC(=O)O)C1=O)C(=O)N[C@@H](Cc1ccccc1)C(=O)O. The van der Waals surface area contributed by atoms with E-state index in [0.29, 0.717) is 31.4 Å². The number of hydrazine groups is 1. The Kier molecular flexibility index (Phi) is 20.6. The average Bonchev–Trinajstić information content (AvgIpc) is 3.08. The number of carbonyl (C=O) groups is 7. The Morgan fingerprint density at radius 1 is 0.784 bits per heavy atom. The van der Waals surface area contributed by atoms with Gasteiger partial charge in [0.15, 0.2) is 0 Å². The van der Waals surface area contributed by atoms with Gasteiger partial charge in [-0.3, -0.25) is 34.2 Å². The maximum absolute atomic E-state index is 13.0. The fourth-order valence-electron chi connectivity index (χ4n) is 5.94. The quantitative estimate of drug-likeness (QED) is 0.0518. The highest BCUT2D eigenvalue weighted by Gasteiger charge is 2.32. The topological polar surface area (TPSA) is 237 Å². The zero-order chi connectivity index (χ0) is 37.4. The van der Waals surface area contributed by atoms with Gasteiger partial charge in [0.2, 0.25) is 23.6 Å². The number of unbranched alkanes of at least 4 members (excludes halogenated alkanes) is 11. The van der Waals surface area contributed by atoms with Gasteiger partial charge in [-0.1, -0.05) is 94.5 Å². The predicted octanol–water partition coefficient (Wildman–Crippen LogP) is 2.32. The zero-order valence-electron chi connectivity index (χ0n) is 29.5. The number of hydrogen-bond acceptors (Lipinski definition) is 8. The average molecular weight is 717 g/mol. The van der Waals surface area contributed by atoms with E-state index in [1.165, 1.54) is 24.2 Å². The van der Waals surface area contributed by atoms with Gasteiger partial charge in [-0.25, -0.2) is 10.2 Å². The molecule has 15 nitrogen and oxygen atoms in total. The van der Waals surface area contributed by atoms with Crippen molar-refractivity contribution in [1.82, 2.24) is 26.4 Å². The van der Waals surface area contributed by atoms with Gasteiger partial charge < -0.3 is 31.5 Å². The highest BCUT2D eigenvalue weighted by atomic mass is 16.4. The molecule has 1 aliphatic heterocycles. The molecule has 15 heteroatoms. The van der Waals surface area contributed by atoms with E-state index in [9.17, 15) is 38.7 Å². The Morgan fingerprint density at radius 2 is 1.35 bits per heavy atom. The molecule has 284 valence electrons. The lowest BCUT2D eigenvalue weighted by atomic mass is 10.0. The number of piperidine rings is 1. The van der Waals surface area contributed by atoms with Gasteiger partial charge in [0.25, 0.3) is 5.91 Å². The summed E-state index contributed by atoms with van der Waals surface area (Å²) < 4.78 is 0. The number of benzene rings is 1. The van der Waals surface area contributed by atoms with Crippen LogP contribution in [0.2, 0.25) is 0 Å². The number of nitrogens with two attached hydrogens (primary N) is 1. The fourth-order valence-corrected chi connectivity index (χ4v) is 5.94. The number of nitrogens with one attached hydrogen (secondary N) is 4. The van der Waals surface area contributed by atoms with Crippen molar-refractivity contribution in [3.63, 3.8) is 0 Å². The number of carbonyl (C=O) groups excluding carboxylic acids is 5. The number of aliphatic carboxylic acids is 2. The fraction of sp³-hybridized carbons (Fsp3) is 0.639. The molecule has 0 bridgehead atoms. The number of amides is 5. The summed E-state index contributed by atoms with van der Waals surface area (Å²) in [5.41, 5.74) is 10.7. The first-order valence-corrected chi connectivity index (χ1v) is 18.2. The van der Waals surface area contributed by atoms with Crippen molar-refractivity contribution < 1.29 is 43.8 Å².